The van der Waals surface area contributed by atoms with Gasteiger partial charge in [0.15, 0.2) is 0 Å². The number of benzene rings is 1. The molecular formula is C13H22N2. The zero-order valence-electron chi connectivity index (χ0n) is 10.4. The SMILES string of the molecule is CNCC(C)(C)Nc1cc(C)cc(C)c1. The van der Waals surface area contributed by atoms with Crippen LogP contribution in [0.5, 0.6) is 0 Å². The van der Waals surface area contributed by atoms with Crippen LogP contribution in [0.2, 0.25) is 0 Å². The van der Waals surface area contributed by atoms with E-state index >= 15 is 0 Å². The molecule has 2 N–H and O–H groups in total. The van der Waals surface area contributed by atoms with E-state index < -0.39 is 0 Å². The van der Waals surface area contributed by atoms with Gasteiger partial charge in [-0.2, -0.15) is 0 Å². The third-order valence-electron chi connectivity index (χ3n) is 2.32. The third kappa shape index (κ3) is 3.92. The van der Waals surface area contributed by atoms with Crippen molar-refractivity contribution in [3.63, 3.8) is 0 Å². The predicted molar refractivity (Wildman–Crippen MR) is 67.5 cm³/mol. The minimum Gasteiger partial charge on any atom is -0.379 e. The highest BCUT2D eigenvalue weighted by atomic mass is 15.0. The van der Waals surface area contributed by atoms with Crippen LogP contribution in [0.1, 0.15) is 25.0 Å². The zero-order valence-corrected chi connectivity index (χ0v) is 10.4. The topological polar surface area (TPSA) is 24.1 Å². The molecule has 0 aliphatic carbocycles. The number of likely N-dealkylation sites (N-methyl/N-ethyl adjacent to an activating group) is 1. The smallest absolute Gasteiger partial charge is 0.0441 e. The molecule has 0 amide bonds. The highest BCUT2D eigenvalue weighted by molar-refractivity contribution is 5.50. The number of hydrogen-bond acceptors (Lipinski definition) is 2. The van der Waals surface area contributed by atoms with Crippen molar-refractivity contribution < 1.29 is 0 Å². The lowest BCUT2D eigenvalue weighted by atomic mass is 10.0. The van der Waals surface area contributed by atoms with Crippen LogP contribution in [0.3, 0.4) is 0 Å². The van der Waals surface area contributed by atoms with Gasteiger partial charge in [-0.3, -0.25) is 0 Å². The number of nitrogens with one attached hydrogen (secondary N) is 2. The maximum absolute atomic E-state index is 3.54. The van der Waals surface area contributed by atoms with E-state index in [0.29, 0.717) is 0 Å². The molecular weight excluding hydrogens is 184 g/mol. The van der Waals surface area contributed by atoms with Gasteiger partial charge in [0.25, 0.3) is 0 Å². The maximum atomic E-state index is 3.54. The van der Waals surface area contributed by atoms with E-state index in [1.807, 2.05) is 7.05 Å². The standard InChI is InChI=1S/C13H22N2/c1-10-6-11(2)8-12(7-10)15-13(3,4)9-14-5/h6-8,14-15H,9H2,1-5H3. The highest BCUT2D eigenvalue weighted by Gasteiger charge is 2.15. The van der Waals surface area contributed by atoms with E-state index in [1.165, 1.54) is 16.8 Å². The van der Waals surface area contributed by atoms with Crippen LogP contribution in [0.15, 0.2) is 18.2 Å². The average Bonchev–Trinajstić information content (AvgIpc) is 1.99. The van der Waals surface area contributed by atoms with Crippen molar-refractivity contribution in [1.29, 1.82) is 0 Å². The first kappa shape index (κ1) is 12.1. The van der Waals surface area contributed by atoms with Crippen LogP contribution >= 0.6 is 0 Å². The number of hydrogen-bond donors (Lipinski definition) is 2. The second-order valence-electron chi connectivity index (χ2n) is 4.92. The molecule has 2 nitrogen and oxygen atoms in total. The Morgan fingerprint density at radius 1 is 1.07 bits per heavy atom. The van der Waals surface area contributed by atoms with Gasteiger partial charge >= 0.3 is 0 Å². The first-order valence-electron chi connectivity index (χ1n) is 5.44. The molecule has 0 unspecified atom stereocenters. The van der Waals surface area contributed by atoms with E-state index in [4.69, 9.17) is 0 Å². The Hall–Kier alpha value is -1.02. The van der Waals surface area contributed by atoms with Crippen molar-refractivity contribution in [3.05, 3.63) is 29.3 Å². The fourth-order valence-corrected chi connectivity index (χ4v) is 1.92. The molecule has 0 aliphatic heterocycles. The summed E-state index contributed by atoms with van der Waals surface area (Å²) in [5, 5.41) is 6.73. The van der Waals surface area contributed by atoms with E-state index in [2.05, 4.69) is 56.5 Å². The molecule has 1 rings (SSSR count). The first-order valence-corrected chi connectivity index (χ1v) is 5.44. The molecule has 0 heterocycles. The van der Waals surface area contributed by atoms with Gasteiger partial charge in [0, 0.05) is 17.8 Å². The summed E-state index contributed by atoms with van der Waals surface area (Å²) in [6.07, 6.45) is 0. The summed E-state index contributed by atoms with van der Waals surface area (Å²) in [5.41, 5.74) is 3.89. The van der Waals surface area contributed by atoms with Crippen molar-refractivity contribution >= 4 is 5.69 Å². The fraction of sp³-hybridized carbons (Fsp3) is 0.538. The summed E-state index contributed by atoms with van der Waals surface area (Å²) >= 11 is 0. The van der Waals surface area contributed by atoms with Gasteiger partial charge in [-0.15, -0.1) is 0 Å². The first-order chi connectivity index (χ1) is 6.93. The molecule has 0 atom stereocenters. The number of aryl methyl sites for hydroxylation is 2. The quantitative estimate of drug-likeness (QED) is 0.791. The van der Waals surface area contributed by atoms with Gasteiger partial charge in [0.05, 0.1) is 0 Å². The van der Waals surface area contributed by atoms with Crippen molar-refractivity contribution in [2.24, 2.45) is 0 Å². The molecule has 1 aromatic carbocycles. The number of rotatable bonds is 4. The Labute approximate surface area is 93.1 Å². The van der Waals surface area contributed by atoms with Gasteiger partial charge < -0.3 is 10.6 Å². The molecule has 0 radical (unpaired) electrons. The van der Waals surface area contributed by atoms with Gasteiger partial charge in [-0.05, 0) is 58.0 Å². The van der Waals surface area contributed by atoms with Crippen LogP contribution in [-0.4, -0.2) is 19.1 Å². The molecule has 0 fully saturated rings. The van der Waals surface area contributed by atoms with E-state index in [-0.39, 0.29) is 5.54 Å². The lowest BCUT2D eigenvalue weighted by Gasteiger charge is -2.27. The third-order valence-corrected chi connectivity index (χ3v) is 2.32. The second kappa shape index (κ2) is 4.67. The normalized spacial score (nSPS) is 11.5. The lowest BCUT2D eigenvalue weighted by molar-refractivity contribution is 0.530. The average molecular weight is 206 g/mol. The van der Waals surface area contributed by atoms with E-state index in [0.717, 1.165) is 6.54 Å². The van der Waals surface area contributed by atoms with Gasteiger partial charge in [0.1, 0.15) is 0 Å². The molecule has 0 aliphatic rings. The van der Waals surface area contributed by atoms with E-state index in [9.17, 15) is 0 Å². The molecule has 0 saturated heterocycles. The van der Waals surface area contributed by atoms with E-state index in [1.54, 1.807) is 0 Å². The van der Waals surface area contributed by atoms with Crippen LogP contribution < -0.4 is 10.6 Å². The number of anilines is 1. The second-order valence-corrected chi connectivity index (χ2v) is 4.92. The molecule has 84 valence electrons. The largest absolute Gasteiger partial charge is 0.379 e. The summed E-state index contributed by atoms with van der Waals surface area (Å²) < 4.78 is 0. The molecule has 0 spiro atoms. The van der Waals surface area contributed by atoms with Crippen LogP contribution in [0.4, 0.5) is 5.69 Å². The molecule has 0 saturated carbocycles. The molecule has 0 bridgehead atoms. The van der Waals surface area contributed by atoms with Crippen molar-refractivity contribution in [2.75, 3.05) is 18.9 Å². The van der Waals surface area contributed by atoms with Crippen LogP contribution in [0, 0.1) is 13.8 Å². The van der Waals surface area contributed by atoms with Crippen LogP contribution in [0.25, 0.3) is 0 Å². The highest BCUT2D eigenvalue weighted by Crippen LogP contribution is 2.18. The fourth-order valence-electron chi connectivity index (χ4n) is 1.92. The Bertz CT molecular complexity index is 309. The minimum absolute atomic E-state index is 0.0784. The summed E-state index contributed by atoms with van der Waals surface area (Å²) in [7, 11) is 1.98. The van der Waals surface area contributed by atoms with Crippen molar-refractivity contribution in [2.45, 2.75) is 33.2 Å². The maximum Gasteiger partial charge on any atom is 0.0441 e. The summed E-state index contributed by atoms with van der Waals surface area (Å²) in [5.74, 6) is 0. The monoisotopic (exact) mass is 206 g/mol. The molecule has 0 aromatic heterocycles. The predicted octanol–water partition coefficient (Wildman–Crippen LogP) is 2.71. The lowest BCUT2D eigenvalue weighted by Crippen LogP contribution is -2.40. The molecule has 1 aromatic rings. The summed E-state index contributed by atoms with van der Waals surface area (Å²) in [6.45, 7) is 9.59. The molecule has 2 heteroatoms. The Morgan fingerprint density at radius 3 is 2.07 bits per heavy atom. The van der Waals surface area contributed by atoms with Crippen molar-refractivity contribution in [1.82, 2.24) is 5.32 Å². The Morgan fingerprint density at radius 2 is 1.60 bits per heavy atom. The zero-order chi connectivity index (χ0) is 11.5. The van der Waals surface area contributed by atoms with Gasteiger partial charge in [-0.1, -0.05) is 6.07 Å². The Kier molecular flexibility index (Phi) is 3.75. The molecule has 15 heavy (non-hydrogen) atoms. The summed E-state index contributed by atoms with van der Waals surface area (Å²) in [6, 6.07) is 6.56. The Balaban J connectivity index is 2.80. The van der Waals surface area contributed by atoms with Crippen LogP contribution in [-0.2, 0) is 0 Å². The minimum atomic E-state index is 0.0784. The van der Waals surface area contributed by atoms with Gasteiger partial charge in [-0.25, -0.2) is 0 Å². The van der Waals surface area contributed by atoms with Gasteiger partial charge in [0.2, 0.25) is 0 Å². The summed E-state index contributed by atoms with van der Waals surface area (Å²) in [4.78, 5) is 0. The van der Waals surface area contributed by atoms with Crippen molar-refractivity contribution in [3.8, 4) is 0 Å².